The summed E-state index contributed by atoms with van der Waals surface area (Å²) in [5.74, 6) is -2.46. The van der Waals surface area contributed by atoms with Crippen molar-refractivity contribution in [3.05, 3.63) is 0 Å². The first kappa shape index (κ1) is 13.0. The molecule has 2 fully saturated rings. The van der Waals surface area contributed by atoms with Crippen LogP contribution in [0.2, 0.25) is 0 Å². The highest BCUT2D eigenvalue weighted by molar-refractivity contribution is 7.80. The molecule has 0 aromatic rings. The van der Waals surface area contributed by atoms with E-state index in [0.717, 1.165) is 19.3 Å². The first-order valence-corrected chi connectivity index (χ1v) is 6.47. The molecule has 1 aliphatic carbocycles. The highest BCUT2D eigenvalue weighted by Gasteiger charge is 2.56. The van der Waals surface area contributed by atoms with Gasteiger partial charge in [0.15, 0.2) is 0 Å². The minimum absolute atomic E-state index is 0.181. The Labute approximate surface area is 111 Å². The van der Waals surface area contributed by atoms with Crippen molar-refractivity contribution in [1.29, 1.82) is 5.26 Å². The molecule has 1 heterocycles. The zero-order chi connectivity index (χ0) is 13.3. The van der Waals surface area contributed by atoms with Crippen LogP contribution in [0.4, 0.5) is 0 Å². The van der Waals surface area contributed by atoms with E-state index in [1.807, 2.05) is 6.07 Å². The number of carbonyl (C=O) groups excluding carboxylic acids is 2. The number of nitrogens with one attached hydrogen (secondary N) is 1. The van der Waals surface area contributed by atoms with E-state index in [9.17, 15) is 14.9 Å². The van der Waals surface area contributed by atoms with Gasteiger partial charge >= 0.3 is 0 Å². The van der Waals surface area contributed by atoms with Gasteiger partial charge in [-0.25, -0.2) is 0 Å². The van der Waals surface area contributed by atoms with Gasteiger partial charge in [0, 0.05) is 5.41 Å². The molecule has 96 valence electrons. The lowest BCUT2D eigenvalue weighted by Crippen LogP contribution is -2.61. The summed E-state index contributed by atoms with van der Waals surface area (Å²) in [7, 11) is 0. The maximum absolute atomic E-state index is 11.9. The third-order valence-corrected chi connectivity index (χ3v) is 4.46. The molecule has 0 aromatic heterocycles. The van der Waals surface area contributed by atoms with Crippen molar-refractivity contribution < 1.29 is 9.59 Å². The number of primary amides is 1. The average Bonchev–Trinajstić information content (AvgIpc) is 2.29. The lowest BCUT2D eigenvalue weighted by Gasteiger charge is -2.47. The minimum atomic E-state index is -0.831. The Kier molecular flexibility index (Phi) is 3.35. The summed E-state index contributed by atoms with van der Waals surface area (Å²) in [5, 5.41) is 11.7. The number of rotatable bonds is 1. The molecular formula is C12H15N3O2S. The SMILES string of the molecule is N#C[C@@H]1C(=O)NC(=S)[C@@H](C(N)=O)C12CCCCC2. The van der Waals surface area contributed by atoms with Gasteiger partial charge < -0.3 is 11.1 Å². The first-order valence-electron chi connectivity index (χ1n) is 6.06. The van der Waals surface area contributed by atoms with Crippen LogP contribution in [-0.2, 0) is 9.59 Å². The number of amides is 2. The zero-order valence-electron chi connectivity index (χ0n) is 9.94. The van der Waals surface area contributed by atoms with E-state index in [4.69, 9.17) is 18.0 Å². The van der Waals surface area contributed by atoms with E-state index in [2.05, 4.69) is 5.32 Å². The second kappa shape index (κ2) is 4.65. The van der Waals surface area contributed by atoms with Gasteiger partial charge in [-0.2, -0.15) is 5.26 Å². The lowest BCUT2D eigenvalue weighted by atomic mass is 9.57. The highest BCUT2D eigenvalue weighted by Crippen LogP contribution is 2.50. The second-order valence-electron chi connectivity index (χ2n) is 5.04. The number of carbonyl (C=O) groups is 2. The summed E-state index contributed by atoms with van der Waals surface area (Å²) < 4.78 is 0. The molecule has 18 heavy (non-hydrogen) atoms. The summed E-state index contributed by atoms with van der Waals surface area (Å²) in [5.41, 5.74) is 4.76. The molecule has 3 N–H and O–H groups in total. The van der Waals surface area contributed by atoms with E-state index in [-0.39, 0.29) is 10.9 Å². The quantitative estimate of drug-likeness (QED) is 0.680. The van der Waals surface area contributed by atoms with Crippen LogP contribution in [0.15, 0.2) is 0 Å². The summed E-state index contributed by atoms with van der Waals surface area (Å²) in [6.07, 6.45) is 4.17. The van der Waals surface area contributed by atoms with Crippen LogP contribution in [0.25, 0.3) is 0 Å². The van der Waals surface area contributed by atoms with Crippen LogP contribution in [0.5, 0.6) is 0 Å². The van der Waals surface area contributed by atoms with Crippen LogP contribution in [-0.4, -0.2) is 16.8 Å². The Morgan fingerprint density at radius 3 is 2.56 bits per heavy atom. The fourth-order valence-electron chi connectivity index (χ4n) is 3.34. The van der Waals surface area contributed by atoms with Crippen molar-refractivity contribution in [2.75, 3.05) is 0 Å². The largest absolute Gasteiger partial charge is 0.369 e. The third kappa shape index (κ3) is 1.79. The standard InChI is InChI=1S/C12H15N3O2S/c13-6-7-10(17)15-11(18)8(9(14)16)12(7)4-2-1-3-5-12/h7-8H,1-5H2,(H2,14,16)(H,15,17,18)/t7-,8-/m1/s1. The Bertz CT molecular complexity index is 449. The van der Waals surface area contributed by atoms with Crippen molar-refractivity contribution in [3.63, 3.8) is 0 Å². The highest BCUT2D eigenvalue weighted by atomic mass is 32.1. The monoisotopic (exact) mass is 265 g/mol. The molecule has 6 heteroatoms. The molecule has 2 aliphatic rings. The molecule has 0 unspecified atom stereocenters. The summed E-state index contributed by atoms with van der Waals surface area (Å²) >= 11 is 5.09. The Morgan fingerprint density at radius 2 is 2.06 bits per heavy atom. The molecule has 5 nitrogen and oxygen atoms in total. The number of hydrogen-bond acceptors (Lipinski definition) is 4. The number of nitrogens with two attached hydrogens (primary N) is 1. The normalized spacial score (nSPS) is 30.6. The van der Waals surface area contributed by atoms with Crippen LogP contribution in [0, 0.1) is 28.6 Å². The number of nitrogens with zero attached hydrogens (tertiary/aromatic N) is 1. The Balaban J connectivity index is 2.49. The van der Waals surface area contributed by atoms with Gasteiger partial charge in [0.2, 0.25) is 11.8 Å². The maximum atomic E-state index is 11.9. The van der Waals surface area contributed by atoms with E-state index >= 15 is 0 Å². The number of nitriles is 1. The van der Waals surface area contributed by atoms with Gasteiger partial charge in [0.05, 0.1) is 17.0 Å². The number of thiocarbonyl (C=S) groups is 1. The van der Waals surface area contributed by atoms with Gasteiger partial charge in [-0.1, -0.05) is 31.5 Å². The van der Waals surface area contributed by atoms with Crippen molar-refractivity contribution in [1.82, 2.24) is 5.32 Å². The van der Waals surface area contributed by atoms with Gasteiger partial charge in [-0.15, -0.1) is 0 Å². The minimum Gasteiger partial charge on any atom is -0.369 e. The summed E-state index contributed by atoms with van der Waals surface area (Å²) in [4.78, 5) is 23.8. The Morgan fingerprint density at radius 1 is 1.44 bits per heavy atom. The maximum Gasteiger partial charge on any atom is 0.242 e. The molecule has 2 amide bonds. The van der Waals surface area contributed by atoms with Crippen molar-refractivity contribution in [2.45, 2.75) is 32.1 Å². The van der Waals surface area contributed by atoms with Crippen molar-refractivity contribution in [2.24, 2.45) is 23.0 Å². The van der Waals surface area contributed by atoms with Gasteiger partial charge in [0.1, 0.15) is 5.92 Å². The fourth-order valence-corrected chi connectivity index (χ4v) is 3.79. The Hall–Kier alpha value is -1.48. The third-order valence-electron chi connectivity index (χ3n) is 4.12. The molecule has 1 spiro atoms. The zero-order valence-corrected chi connectivity index (χ0v) is 10.8. The first-order chi connectivity index (χ1) is 8.53. The predicted octanol–water partition coefficient (Wildman–Crippen LogP) is 0.635. The molecule has 0 radical (unpaired) electrons. The molecule has 0 bridgehead atoms. The smallest absolute Gasteiger partial charge is 0.242 e. The molecule has 2 atom stereocenters. The average molecular weight is 265 g/mol. The van der Waals surface area contributed by atoms with Crippen LogP contribution in [0.3, 0.4) is 0 Å². The lowest BCUT2D eigenvalue weighted by molar-refractivity contribution is -0.134. The molecule has 0 aromatic carbocycles. The molecule has 1 saturated heterocycles. The van der Waals surface area contributed by atoms with Crippen molar-refractivity contribution in [3.8, 4) is 6.07 Å². The van der Waals surface area contributed by atoms with Crippen molar-refractivity contribution >= 4 is 29.0 Å². The molecular weight excluding hydrogens is 250 g/mol. The van der Waals surface area contributed by atoms with E-state index in [1.54, 1.807) is 0 Å². The van der Waals surface area contributed by atoms with Crippen LogP contribution >= 0.6 is 12.2 Å². The fraction of sp³-hybridized carbons (Fsp3) is 0.667. The number of piperidine rings is 1. The van der Waals surface area contributed by atoms with Crippen LogP contribution < -0.4 is 11.1 Å². The molecule has 1 saturated carbocycles. The van der Waals surface area contributed by atoms with E-state index < -0.39 is 23.2 Å². The topological polar surface area (TPSA) is 96.0 Å². The van der Waals surface area contributed by atoms with Gasteiger partial charge in [-0.05, 0) is 12.8 Å². The summed E-state index contributed by atoms with van der Waals surface area (Å²) in [6, 6.07) is 2.04. The molecule has 1 aliphatic heterocycles. The van der Waals surface area contributed by atoms with Crippen LogP contribution in [0.1, 0.15) is 32.1 Å². The second-order valence-corrected chi connectivity index (χ2v) is 5.48. The number of hydrogen-bond donors (Lipinski definition) is 2. The van der Waals surface area contributed by atoms with Gasteiger partial charge in [0.25, 0.3) is 0 Å². The summed E-state index contributed by atoms with van der Waals surface area (Å²) in [6.45, 7) is 0. The van der Waals surface area contributed by atoms with Gasteiger partial charge in [-0.3, -0.25) is 9.59 Å². The van der Waals surface area contributed by atoms with E-state index in [0.29, 0.717) is 12.8 Å². The van der Waals surface area contributed by atoms with E-state index in [1.165, 1.54) is 0 Å². The predicted molar refractivity (Wildman–Crippen MR) is 68.0 cm³/mol. The molecule has 2 rings (SSSR count).